The molecule has 0 amide bonds. The maximum atomic E-state index is 5.65. The van der Waals surface area contributed by atoms with Gasteiger partial charge in [0.2, 0.25) is 0 Å². The van der Waals surface area contributed by atoms with Gasteiger partial charge in [-0.1, -0.05) is 0 Å². The SMILES string of the molecule is Cc1cn(CC(C)N)c(C)n1. The molecule has 62 valence electrons. The molecular weight excluding hydrogens is 138 g/mol. The molecule has 1 aromatic rings. The van der Waals surface area contributed by atoms with Crippen molar-refractivity contribution in [3.8, 4) is 0 Å². The maximum absolute atomic E-state index is 5.65. The Bertz CT molecular complexity index is 237. The normalized spacial score (nSPS) is 13.5. The minimum Gasteiger partial charge on any atom is -0.333 e. The molecule has 0 spiro atoms. The lowest BCUT2D eigenvalue weighted by Crippen LogP contribution is -2.22. The van der Waals surface area contributed by atoms with Gasteiger partial charge in [0, 0.05) is 18.8 Å². The Labute approximate surface area is 67.2 Å². The van der Waals surface area contributed by atoms with Crippen molar-refractivity contribution in [2.75, 3.05) is 0 Å². The van der Waals surface area contributed by atoms with Crippen molar-refractivity contribution in [1.82, 2.24) is 9.55 Å². The topological polar surface area (TPSA) is 43.8 Å². The Morgan fingerprint density at radius 3 is 2.64 bits per heavy atom. The van der Waals surface area contributed by atoms with Crippen LogP contribution in [0.4, 0.5) is 0 Å². The van der Waals surface area contributed by atoms with Gasteiger partial charge in [0.25, 0.3) is 0 Å². The van der Waals surface area contributed by atoms with Crippen LogP contribution in [0.3, 0.4) is 0 Å². The van der Waals surface area contributed by atoms with Gasteiger partial charge in [-0.3, -0.25) is 0 Å². The second-order valence-electron chi connectivity index (χ2n) is 3.06. The van der Waals surface area contributed by atoms with Crippen LogP contribution in [0.1, 0.15) is 18.4 Å². The maximum Gasteiger partial charge on any atom is 0.105 e. The summed E-state index contributed by atoms with van der Waals surface area (Å²) in [7, 11) is 0. The van der Waals surface area contributed by atoms with Crippen LogP contribution in [0.5, 0.6) is 0 Å². The summed E-state index contributed by atoms with van der Waals surface area (Å²) in [5.41, 5.74) is 6.71. The lowest BCUT2D eigenvalue weighted by atomic mass is 10.3. The standard InChI is InChI=1S/C8H15N3/c1-6(9)4-11-5-7(2)10-8(11)3/h5-6H,4,9H2,1-3H3. The third-order valence-corrected chi connectivity index (χ3v) is 1.58. The van der Waals surface area contributed by atoms with Crippen LogP contribution in [0, 0.1) is 13.8 Å². The highest BCUT2D eigenvalue weighted by atomic mass is 15.1. The first-order chi connectivity index (χ1) is 5.09. The lowest BCUT2D eigenvalue weighted by molar-refractivity contribution is 0.577. The summed E-state index contributed by atoms with van der Waals surface area (Å²) in [6.07, 6.45) is 2.03. The van der Waals surface area contributed by atoms with Crippen molar-refractivity contribution >= 4 is 0 Å². The Kier molecular flexibility index (Phi) is 2.29. The van der Waals surface area contributed by atoms with Gasteiger partial charge in [-0.15, -0.1) is 0 Å². The third kappa shape index (κ3) is 2.05. The van der Waals surface area contributed by atoms with Gasteiger partial charge < -0.3 is 10.3 Å². The highest BCUT2D eigenvalue weighted by Crippen LogP contribution is 2.00. The van der Waals surface area contributed by atoms with Crippen LogP contribution in [-0.2, 0) is 6.54 Å². The lowest BCUT2D eigenvalue weighted by Gasteiger charge is -2.06. The molecule has 0 bridgehead atoms. The first-order valence-corrected chi connectivity index (χ1v) is 3.85. The molecule has 0 saturated carbocycles. The average molecular weight is 153 g/mol. The fourth-order valence-corrected chi connectivity index (χ4v) is 1.16. The molecule has 11 heavy (non-hydrogen) atoms. The molecule has 0 fully saturated rings. The molecule has 1 unspecified atom stereocenters. The zero-order valence-corrected chi connectivity index (χ0v) is 7.33. The second-order valence-corrected chi connectivity index (χ2v) is 3.06. The van der Waals surface area contributed by atoms with E-state index in [-0.39, 0.29) is 6.04 Å². The van der Waals surface area contributed by atoms with E-state index < -0.39 is 0 Å². The van der Waals surface area contributed by atoms with Gasteiger partial charge in [-0.05, 0) is 20.8 Å². The van der Waals surface area contributed by atoms with E-state index in [0.717, 1.165) is 18.1 Å². The van der Waals surface area contributed by atoms with E-state index in [1.54, 1.807) is 0 Å². The zero-order valence-electron chi connectivity index (χ0n) is 7.33. The number of aryl methyl sites for hydroxylation is 2. The monoisotopic (exact) mass is 153 g/mol. The number of hydrogen-bond donors (Lipinski definition) is 1. The molecule has 0 saturated heterocycles. The average Bonchev–Trinajstić information content (AvgIpc) is 2.09. The van der Waals surface area contributed by atoms with Crippen LogP contribution in [0.2, 0.25) is 0 Å². The van der Waals surface area contributed by atoms with Crippen molar-refractivity contribution in [2.45, 2.75) is 33.4 Å². The molecule has 1 aromatic heterocycles. The minimum absolute atomic E-state index is 0.197. The summed E-state index contributed by atoms with van der Waals surface area (Å²) in [5, 5.41) is 0. The minimum atomic E-state index is 0.197. The van der Waals surface area contributed by atoms with Crippen LogP contribution >= 0.6 is 0 Å². The van der Waals surface area contributed by atoms with Crippen LogP contribution in [-0.4, -0.2) is 15.6 Å². The van der Waals surface area contributed by atoms with Gasteiger partial charge in [0.05, 0.1) is 5.69 Å². The largest absolute Gasteiger partial charge is 0.333 e. The summed E-state index contributed by atoms with van der Waals surface area (Å²) in [6.45, 7) is 6.83. The molecule has 0 aliphatic carbocycles. The molecule has 0 aromatic carbocycles. The van der Waals surface area contributed by atoms with Crippen LogP contribution in [0.25, 0.3) is 0 Å². The van der Waals surface area contributed by atoms with Crippen molar-refractivity contribution < 1.29 is 0 Å². The summed E-state index contributed by atoms with van der Waals surface area (Å²) >= 11 is 0. The molecule has 3 heteroatoms. The fourth-order valence-electron chi connectivity index (χ4n) is 1.16. The molecule has 0 radical (unpaired) electrons. The van der Waals surface area contributed by atoms with Gasteiger partial charge in [0.1, 0.15) is 5.82 Å². The Morgan fingerprint density at radius 2 is 2.27 bits per heavy atom. The summed E-state index contributed by atoms with van der Waals surface area (Å²) in [5.74, 6) is 1.04. The Balaban J connectivity index is 2.77. The van der Waals surface area contributed by atoms with Crippen molar-refractivity contribution in [1.29, 1.82) is 0 Å². The number of imidazole rings is 1. The van der Waals surface area contributed by atoms with Crippen LogP contribution < -0.4 is 5.73 Å². The first kappa shape index (κ1) is 8.27. The fraction of sp³-hybridized carbons (Fsp3) is 0.625. The molecule has 0 aliphatic heterocycles. The quantitative estimate of drug-likeness (QED) is 0.684. The van der Waals surface area contributed by atoms with Crippen LogP contribution in [0.15, 0.2) is 6.20 Å². The van der Waals surface area contributed by atoms with E-state index in [4.69, 9.17) is 5.73 Å². The van der Waals surface area contributed by atoms with E-state index in [1.165, 1.54) is 0 Å². The molecule has 0 aliphatic rings. The zero-order chi connectivity index (χ0) is 8.43. The molecule has 3 nitrogen and oxygen atoms in total. The number of rotatable bonds is 2. The first-order valence-electron chi connectivity index (χ1n) is 3.85. The predicted octanol–water partition coefficient (Wildman–Crippen LogP) is 0.847. The van der Waals surface area contributed by atoms with E-state index in [9.17, 15) is 0 Å². The highest BCUT2D eigenvalue weighted by molar-refractivity contribution is 5.00. The number of aromatic nitrogens is 2. The number of hydrogen-bond acceptors (Lipinski definition) is 2. The van der Waals surface area contributed by atoms with Gasteiger partial charge >= 0.3 is 0 Å². The molecular formula is C8H15N3. The molecule has 1 atom stereocenters. The Hall–Kier alpha value is -0.830. The van der Waals surface area contributed by atoms with Gasteiger partial charge in [-0.2, -0.15) is 0 Å². The van der Waals surface area contributed by atoms with Crippen molar-refractivity contribution in [3.05, 3.63) is 17.7 Å². The van der Waals surface area contributed by atoms with Gasteiger partial charge in [-0.25, -0.2) is 4.98 Å². The van der Waals surface area contributed by atoms with Crippen molar-refractivity contribution in [2.24, 2.45) is 5.73 Å². The molecule has 1 rings (SSSR count). The number of nitrogens with zero attached hydrogens (tertiary/aromatic N) is 2. The summed E-state index contributed by atoms with van der Waals surface area (Å²) in [6, 6.07) is 0.197. The van der Waals surface area contributed by atoms with E-state index in [2.05, 4.69) is 9.55 Å². The molecule has 2 N–H and O–H groups in total. The Morgan fingerprint density at radius 1 is 1.64 bits per heavy atom. The second kappa shape index (κ2) is 3.05. The smallest absolute Gasteiger partial charge is 0.105 e. The summed E-state index contributed by atoms with van der Waals surface area (Å²) < 4.78 is 2.08. The predicted molar refractivity (Wildman–Crippen MR) is 45.4 cm³/mol. The van der Waals surface area contributed by atoms with Gasteiger partial charge in [0.15, 0.2) is 0 Å². The van der Waals surface area contributed by atoms with E-state index in [0.29, 0.717) is 0 Å². The summed E-state index contributed by atoms with van der Waals surface area (Å²) in [4.78, 5) is 4.27. The van der Waals surface area contributed by atoms with E-state index in [1.807, 2.05) is 27.0 Å². The third-order valence-electron chi connectivity index (χ3n) is 1.58. The highest BCUT2D eigenvalue weighted by Gasteiger charge is 2.01. The van der Waals surface area contributed by atoms with E-state index >= 15 is 0 Å². The van der Waals surface area contributed by atoms with Crippen molar-refractivity contribution in [3.63, 3.8) is 0 Å². The number of nitrogens with two attached hydrogens (primary N) is 1. The molecule has 1 heterocycles.